The van der Waals surface area contributed by atoms with E-state index in [1.807, 2.05) is 24.4 Å². The summed E-state index contributed by atoms with van der Waals surface area (Å²) >= 11 is 0. The van der Waals surface area contributed by atoms with Crippen LogP contribution in [-0.2, 0) is 0 Å². The van der Waals surface area contributed by atoms with E-state index in [0.717, 1.165) is 18.1 Å². The maximum absolute atomic E-state index is 4.46. The molecule has 0 saturated carbocycles. The van der Waals surface area contributed by atoms with Crippen LogP contribution in [0.3, 0.4) is 0 Å². The molecule has 0 radical (unpaired) electrons. The van der Waals surface area contributed by atoms with E-state index in [9.17, 15) is 0 Å². The molecule has 0 bridgehead atoms. The van der Waals surface area contributed by atoms with Crippen molar-refractivity contribution in [3.63, 3.8) is 0 Å². The highest BCUT2D eigenvalue weighted by Crippen LogP contribution is 2.11. The van der Waals surface area contributed by atoms with Crippen molar-refractivity contribution in [2.75, 3.05) is 31.5 Å². The standard InChI is InChI=1S/C15H23N5/c1-13(12-19-8-4-2-5-9-19)11-16-15-17-14-7-3-6-10-20(14)18-15/h3,6-7,10,13H,2,4-5,8-9,11-12H2,1H3,(H,16,18). The SMILES string of the molecule is CC(CNc1nc2ccccn2n1)CN1CCCCC1. The zero-order valence-corrected chi connectivity index (χ0v) is 12.1. The number of fused-ring (bicyclic) bond motifs is 1. The van der Waals surface area contributed by atoms with Crippen LogP contribution in [0.2, 0.25) is 0 Å². The van der Waals surface area contributed by atoms with E-state index in [1.54, 1.807) is 4.52 Å². The van der Waals surface area contributed by atoms with E-state index in [4.69, 9.17) is 0 Å². The first-order valence-electron chi connectivity index (χ1n) is 7.59. The van der Waals surface area contributed by atoms with E-state index in [-0.39, 0.29) is 0 Å². The second-order valence-corrected chi connectivity index (χ2v) is 5.79. The van der Waals surface area contributed by atoms with E-state index >= 15 is 0 Å². The molecule has 0 spiro atoms. The topological polar surface area (TPSA) is 45.5 Å². The van der Waals surface area contributed by atoms with Gasteiger partial charge in [0.1, 0.15) is 0 Å². The summed E-state index contributed by atoms with van der Waals surface area (Å²) in [5.41, 5.74) is 0.888. The van der Waals surface area contributed by atoms with Gasteiger partial charge in [-0.25, -0.2) is 4.52 Å². The van der Waals surface area contributed by atoms with Crippen molar-refractivity contribution in [1.82, 2.24) is 19.5 Å². The first-order chi connectivity index (χ1) is 9.81. The van der Waals surface area contributed by atoms with E-state index in [1.165, 1.54) is 38.9 Å². The first kappa shape index (κ1) is 13.4. The molecule has 2 aromatic rings. The molecule has 3 heterocycles. The minimum atomic E-state index is 0.611. The summed E-state index contributed by atoms with van der Waals surface area (Å²) in [6, 6.07) is 5.91. The Balaban J connectivity index is 1.50. The van der Waals surface area contributed by atoms with Gasteiger partial charge in [-0.05, 0) is 44.0 Å². The molecule has 1 aliphatic rings. The van der Waals surface area contributed by atoms with Crippen molar-refractivity contribution in [3.8, 4) is 0 Å². The molecule has 0 amide bonds. The van der Waals surface area contributed by atoms with Crippen LogP contribution in [0, 0.1) is 5.92 Å². The van der Waals surface area contributed by atoms with Crippen molar-refractivity contribution in [2.45, 2.75) is 26.2 Å². The number of nitrogens with one attached hydrogen (secondary N) is 1. The Morgan fingerprint density at radius 3 is 2.90 bits per heavy atom. The summed E-state index contributed by atoms with van der Waals surface area (Å²) in [6.07, 6.45) is 6.03. The zero-order chi connectivity index (χ0) is 13.8. The lowest BCUT2D eigenvalue weighted by atomic mass is 10.1. The highest BCUT2D eigenvalue weighted by Gasteiger charge is 2.13. The van der Waals surface area contributed by atoms with Gasteiger partial charge in [-0.2, -0.15) is 4.98 Å². The molecule has 1 aliphatic heterocycles. The van der Waals surface area contributed by atoms with Crippen LogP contribution in [0.15, 0.2) is 24.4 Å². The Morgan fingerprint density at radius 2 is 2.10 bits per heavy atom. The summed E-state index contributed by atoms with van der Waals surface area (Å²) < 4.78 is 1.80. The molecule has 1 unspecified atom stereocenters. The maximum Gasteiger partial charge on any atom is 0.243 e. The lowest BCUT2D eigenvalue weighted by Gasteiger charge is -2.29. The second kappa shape index (κ2) is 6.22. The molecule has 1 saturated heterocycles. The molecule has 3 rings (SSSR count). The molecule has 108 valence electrons. The third-order valence-electron chi connectivity index (χ3n) is 3.87. The smallest absolute Gasteiger partial charge is 0.243 e. The van der Waals surface area contributed by atoms with Gasteiger partial charge in [-0.1, -0.05) is 19.4 Å². The fraction of sp³-hybridized carbons (Fsp3) is 0.600. The van der Waals surface area contributed by atoms with Gasteiger partial charge in [0.25, 0.3) is 0 Å². The zero-order valence-electron chi connectivity index (χ0n) is 12.1. The Bertz CT molecular complexity index is 511. The summed E-state index contributed by atoms with van der Waals surface area (Å²) in [6.45, 7) is 6.90. The monoisotopic (exact) mass is 273 g/mol. The minimum absolute atomic E-state index is 0.611. The van der Waals surface area contributed by atoms with Crippen LogP contribution < -0.4 is 5.32 Å². The van der Waals surface area contributed by atoms with Crippen LogP contribution >= 0.6 is 0 Å². The molecule has 0 aromatic carbocycles. The Morgan fingerprint density at radius 1 is 1.25 bits per heavy atom. The Kier molecular flexibility index (Phi) is 4.16. The third-order valence-corrected chi connectivity index (χ3v) is 3.87. The molecule has 0 aliphatic carbocycles. The van der Waals surface area contributed by atoms with Gasteiger partial charge in [0.15, 0.2) is 5.65 Å². The van der Waals surface area contributed by atoms with Gasteiger partial charge >= 0.3 is 0 Å². The predicted molar refractivity (Wildman–Crippen MR) is 80.9 cm³/mol. The lowest BCUT2D eigenvalue weighted by Crippen LogP contribution is -2.35. The minimum Gasteiger partial charge on any atom is -0.353 e. The Hall–Kier alpha value is -1.62. The van der Waals surface area contributed by atoms with Gasteiger partial charge in [0, 0.05) is 19.3 Å². The van der Waals surface area contributed by atoms with Crippen LogP contribution in [0.1, 0.15) is 26.2 Å². The van der Waals surface area contributed by atoms with Gasteiger partial charge in [0.05, 0.1) is 0 Å². The molecule has 5 heteroatoms. The number of rotatable bonds is 5. The molecular formula is C15H23N5. The van der Waals surface area contributed by atoms with Crippen molar-refractivity contribution in [3.05, 3.63) is 24.4 Å². The van der Waals surface area contributed by atoms with Crippen LogP contribution in [0.5, 0.6) is 0 Å². The van der Waals surface area contributed by atoms with E-state index < -0.39 is 0 Å². The molecule has 20 heavy (non-hydrogen) atoms. The first-order valence-corrected chi connectivity index (χ1v) is 7.59. The second-order valence-electron chi connectivity index (χ2n) is 5.79. The van der Waals surface area contributed by atoms with Crippen LogP contribution in [0.4, 0.5) is 5.95 Å². The number of aromatic nitrogens is 3. The summed E-state index contributed by atoms with van der Waals surface area (Å²) in [4.78, 5) is 7.03. The van der Waals surface area contributed by atoms with Gasteiger partial charge in [-0.15, -0.1) is 5.10 Å². The largest absolute Gasteiger partial charge is 0.353 e. The molecule has 1 fully saturated rings. The average molecular weight is 273 g/mol. The predicted octanol–water partition coefficient (Wildman–Crippen LogP) is 2.26. The Labute approximate surface area is 120 Å². The number of hydrogen-bond acceptors (Lipinski definition) is 4. The van der Waals surface area contributed by atoms with Crippen molar-refractivity contribution in [2.24, 2.45) is 5.92 Å². The molecule has 5 nitrogen and oxygen atoms in total. The van der Waals surface area contributed by atoms with Crippen LogP contribution in [-0.4, -0.2) is 45.7 Å². The fourth-order valence-electron chi connectivity index (χ4n) is 2.82. The third kappa shape index (κ3) is 3.28. The van der Waals surface area contributed by atoms with Crippen molar-refractivity contribution < 1.29 is 0 Å². The van der Waals surface area contributed by atoms with E-state index in [2.05, 4.69) is 27.2 Å². The highest BCUT2D eigenvalue weighted by atomic mass is 15.3. The van der Waals surface area contributed by atoms with Gasteiger partial charge in [-0.3, -0.25) is 0 Å². The lowest BCUT2D eigenvalue weighted by molar-refractivity contribution is 0.204. The number of likely N-dealkylation sites (tertiary alicyclic amines) is 1. The number of anilines is 1. The van der Waals surface area contributed by atoms with E-state index in [0.29, 0.717) is 5.92 Å². The number of piperidine rings is 1. The number of pyridine rings is 1. The molecular weight excluding hydrogens is 250 g/mol. The number of nitrogens with zero attached hydrogens (tertiary/aromatic N) is 4. The molecule has 1 atom stereocenters. The van der Waals surface area contributed by atoms with Crippen molar-refractivity contribution in [1.29, 1.82) is 0 Å². The average Bonchev–Trinajstić information content (AvgIpc) is 2.89. The maximum atomic E-state index is 4.46. The normalized spacial score (nSPS) is 18.2. The fourth-order valence-corrected chi connectivity index (χ4v) is 2.82. The molecule has 2 aromatic heterocycles. The summed E-state index contributed by atoms with van der Waals surface area (Å²) in [5, 5.41) is 7.77. The van der Waals surface area contributed by atoms with Gasteiger partial charge < -0.3 is 10.2 Å². The summed E-state index contributed by atoms with van der Waals surface area (Å²) in [5.74, 6) is 1.33. The highest BCUT2D eigenvalue weighted by molar-refractivity contribution is 5.42. The van der Waals surface area contributed by atoms with Gasteiger partial charge in [0.2, 0.25) is 5.95 Å². The number of hydrogen-bond donors (Lipinski definition) is 1. The quantitative estimate of drug-likeness (QED) is 0.907. The summed E-state index contributed by atoms with van der Waals surface area (Å²) in [7, 11) is 0. The van der Waals surface area contributed by atoms with Crippen LogP contribution in [0.25, 0.3) is 5.65 Å². The van der Waals surface area contributed by atoms with Crippen molar-refractivity contribution >= 4 is 11.6 Å². The molecule has 1 N–H and O–H groups in total.